The molecular formula is C12H17Cl2NO2. The van der Waals surface area contributed by atoms with Gasteiger partial charge in [-0.3, -0.25) is 0 Å². The van der Waals surface area contributed by atoms with Crippen molar-refractivity contribution in [3.63, 3.8) is 0 Å². The highest BCUT2D eigenvalue weighted by Crippen LogP contribution is 2.19. The minimum Gasteiger partial charge on any atom is -0.389 e. The molecule has 1 rings (SSSR count). The van der Waals surface area contributed by atoms with Gasteiger partial charge in [-0.15, -0.1) is 0 Å². The number of nitrogens with one attached hydrogen (secondary N) is 1. The van der Waals surface area contributed by atoms with E-state index < -0.39 is 6.10 Å². The molecule has 1 atom stereocenters. The summed E-state index contributed by atoms with van der Waals surface area (Å²) in [6, 6.07) is 5.49. The van der Waals surface area contributed by atoms with Gasteiger partial charge in [0.1, 0.15) is 0 Å². The Morgan fingerprint density at radius 2 is 1.94 bits per heavy atom. The molecule has 0 bridgehead atoms. The SMILES string of the molecule is COCC(O)CNCCc1cc(Cl)cc(Cl)c1. The van der Waals surface area contributed by atoms with Crippen LogP contribution >= 0.6 is 23.2 Å². The number of rotatable bonds is 7. The summed E-state index contributed by atoms with van der Waals surface area (Å²) in [6.45, 7) is 1.62. The van der Waals surface area contributed by atoms with E-state index in [1.807, 2.05) is 12.1 Å². The number of hydrogen-bond donors (Lipinski definition) is 2. The Labute approximate surface area is 112 Å². The molecule has 1 aromatic rings. The largest absolute Gasteiger partial charge is 0.389 e. The van der Waals surface area contributed by atoms with Gasteiger partial charge >= 0.3 is 0 Å². The Kier molecular flexibility index (Phi) is 6.85. The van der Waals surface area contributed by atoms with Gasteiger partial charge in [0, 0.05) is 23.7 Å². The molecule has 2 N–H and O–H groups in total. The molecule has 5 heteroatoms. The molecule has 0 radical (unpaired) electrons. The van der Waals surface area contributed by atoms with Crippen molar-refractivity contribution in [2.45, 2.75) is 12.5 Å². The lowest BCUT2D eigenvalue weighted by atomic mass is 10.1. The lowest BCUT2D eigenvalue weighted by molar-refractivity contribution is 0.0648. The van der Waals surface area contributed by atoms with Gasteiger partial charge in [0.15, 0.2) is 0 Å². The van der Waals surface area contributed by atoms with Crippen LogP contribution in [0, 0.1) is 0 Å². The summed E-state index contributed by atoms with van der Waals surface area (Å²) in [7, 11) is 1.57. The van der Waals surface area contributed by atoms with E-state index in [9.17, 15) is 5.11 Å². The maximum Gasteiger partial charge on any atom is 0.0897 e. The van der Waals surface area contributed by atoms with Crippen molar-refractivity contribution >= 4 is 23.2 Å². The molecule has 0 heterocycles. The molecule has 0 spiro atoms. The van der Waals surface area contributed by atoms with Gasteiger partial charge in [-0.1, -0.05) is 23.2 Å². The quantitative estimate of drug-likeness (QED) is 0.751. The molecule has 17 heavy (non-hydrogen) atoms. The monoisotopic (exact) mass is 277 g/mol. The van der Waals surface area contributed by atoms with Crippen molar-refractivity contribution in [1.82, 2.24) is 5.32 Å². The highest BCUT2D eigenvalue weighted by atomic mass is 35.5. The van der Waals surface area contributed by atoms with Crippen molar-refractivity contribution in [2.24, 2.45) is 0 Å². The van der Waals surface area contributed by atoms with Gasteiger partial charge in [0.05, 0.1) is 12.7 Å². The highest BCUT2D eigenvalue weighted by molar-refractivity contribution is 6.34. The third-order valence-corrected chi connectivity index (χ3v) is 2.69. The number of ether oxygens (including phenoxy) is 1. The predicted octanol–water partition coefficient (Wildman–Crippen LogP) is 2.13. The van der Waals surface area contributed by atoms with Crippen LogP contribution in [0.5, 0.6) is 0 Å². The van der Waals surface area contributed by atoms with Crippen LogP contribution in [0.15, 0.2) is 18.2 Å². The summed E-state index contributed by atoms with van der Waals surface area (Å²) in [5, 5.41) is 13.8. The van der Waals surface area contributed by atoms with Gasteiger partial charge in [0.2, 0.25) is 0 Å². The molecule has 0 aromatic heterocycles. The van der Waals surface area contributed by atoms with E-state index in [2.05, 4.69) is 5.32 Å². The first-order chi connectivity index (χ1) is 8.11. The lowest BCUT2D eigenvalue weighted by Gasteiger charge is -2.10. The summed E-state index contributed by atoms with van der Waals surface area (Å²) in [5.41, 5.74) is 1.08. The first kappa shape index (κ1) is 14.7. The fourth-order valence-electron chi connectivity index (χ4n) is 1.51. The third-order valence-electron chi connectivity index (χ3n) is 2.25. The maximum atomic E-state index is 9.40. The second-order valence-corrected chi connectivity index (χ2v) is 4.71. The zero-order chi connectivity index (χ0) is 12.7. The Bertz CT molecular complexity index is 327. The molecule has 0 aliphatic carbocycles. The smallest absolute Gasteiger partial charge is 0.0897 e. The molecule has 1 aromatic carbocycles. The highest BCUT2D eigenvalue weighted by Gasteiger charge is 2.02. The molecule has 0 saturated carbocycles. The number of hydrogen-bond acceptors (Lipinski definition) is 3. The van der Waals surface area contributed by atoms with Crippen LogP contribution < -0.4 is 5.32 Å². The van der Waals surface area contributed by atoms with Gasteiger partial charge in [-0.25, -0.2) is 0 Å². The topological polar surface area (TPSA) is 41.5 Å². The van der Waals surface area contributed by atoms with Crippen LogP contribution in [0.25, 0.3) is 0 Å². The molecule has 96 valence electrons. The molecule has 1 unspecified atom stereocenters. The normalized spacial score (nSPS) is 12.7. The summed E-state index contributed by atoms with van der Waals surface area (Å²) < 4.78 is 4.83. The standard InChI is InChI=1S/C12H17Cl2NO2/c1-17-8-12(16)7-15-3-2-9-4-10(13)6-11(14)5-9/h4-6,12,15-16H,2-3,7-8H2,1H3. The Morgan fingerprint density at radius 1 is 1.29 bits per heavy atom. The number of aliphatic hydroxyl groups excluding tert-OH is 1. The first-order valence-corrected chi connectivity index (χ1v) is 6.20. The van der Waals surface area contributed by atoms with Crippen LogP contribution in [-0.4, -0.2) is 38.0 Å². The van der Waals surface area contributed by atoms with Crippen molar-refractivity contribution in [3.8, 4) is 0 Å². The number of aliphatic hydroxyl groups is 1. The molecule has 3 nitrogen and oxygen atoms in total. The Hall–Kier alpha value is -0.320. The van der Waals surface area contributed by atoms with Crippen molar-refractivity contribution in [3.05, 3.63) is 33.8 Å². The van der Waals surface area contributed by atoms with Crippen molar-refractivity contribution < 1.29 is 9.84 Å². The van der Waals surface area contributed by atoms with Crippen LogP contribution in [-0.2, 0) is 11.2 Å². The molecule has 0 aliphatic rings. The Balaban J connectivity index is 2.26. The second kappa shape index (κ2) is 7.90. The Morgan fingerprint density at radius 3 is 2.53 bits per heavy atom. The van der Waals surface area contributed by atoms with Crippen LogP contribution in [0.2, 0.25) is 10.0 Å². The summed E-state index contributed by atoms with van der Waals surface area (Å²) in [5.74, 6) is 0. The number of methoxy groups -OCH3 is 1. The van der Waals surface area contributed by atoms with E-state index in [4.69, 9.17) is 27.9 Å². The zero-order valence-corrected chi connectivity index (χ0v) is 11.3. The fourth-order valence-corrected chi connectivity index (χ4v) is 2.08. The van der Waals surface area contributed by atoms with Crippen molar-refractivity contribution in [2.75, 3.05) is 26.8 Å². The van der Waals surface area contributed by atoms with Gasteiger partial charge in [-0.05, 0) is 36.7 Å². The molecule has 0 saturated heterocycles. The predicted molar refractivity (Wildman–Crippen MR) is 70.9 cm³/mol. The van der Waals surface area contributed by atoms with Gasteiger partial charge in [-0.2, -0.15) is 0 Å². The summed E-state index contributed by atoms with van der Waals surface area (Å²) in [6.07, 6.45) is 0.350. The van der Waals surface area contributed by atoms with Crippen LogP contribution in [0.3, 0.4) is 0 Å². The number of halogens is 2. The molecule has 0 amide bonds. The minimum atomic E-state index is -0.469. The average Bonchev–Trinajstić information content (AvgIpc) is 2.23. The lowest BCUT2D eigenvalue weighted by Crippen LogP contribution is -2.31. The van der Waals surface area contributed by atoms with E-state index in [1.165, 1.54) is 0 Å². The second-order valence-electron chi connectivity index (χ2n) is 3.84. The minimum absolute atomic E-state index is 0.343. The van der Waals surface area contributed by atoms with E-state index >= 15 is 0 Å². The molecule has 0 fully saturated rings. The zero-order valence-electron chi connectivity index (χ0n) is 9.75. The van der Waals surface area contributed by atoms with Gasteiger partial charge in [0.25, 0.3) is 0 Å². The molecular weight excluding hydrogens is 261 g/mol. The van der Waals surface area contributed by atoms with Gasteiger partial charge < -0.3 is 15.2 Å². The van der Waals surface area contributed by atoms with E-state index in [1.54, 1.807) is 13.2 Å². The van der Waals surface area contributed by atoms with E-state index in [0.717, 1.165) is 18.5 Å². The van der Waals surface area contributed by atoms with E-state index in [0.29, 0.717) is 23.2 Å². The first-order valence-electron chi connectivity index (χ1n) is 5.44. The average molecular weight is 278 g/mol. The fraction of sp³-hybridized carbons (Fsp3) is 0.500. The van der Waals surface area contributed by atoms with E-state index in [-0.39, 0.29) is 0 Å². The van der Waals surface area contributed by atoms with Crippen LogP contribution in [0.1, 0.15) is 5.56 Å². The van der Waals surface area contributed by atoms with Crippen LogP contribution in [0.4, 0.5) is 0 Å². The number of benzene rings is 1. The third kappa shape index (κ3) is 6.24. The van der Waals surface area contributed by atoms with Crippen molar-refractivity contribution in [1.29, 1.82) is 0 Å². The summed E-state index contributed by atoms with van der Waals surface area (Å²) >= 11 is 11.8. The maximum absolute atomic E-state index is 9.40. The molecule has 0 aliphatic heterocycles. The summed E-state index contributed by atoms with van der Waals surface area (Å²) in [4.78, 5) is 0.